The van der Waals surface area contributed by atoms with Crippen molar-refractivity contribution in [3.05, 3.63) is 54.9 Å². The van der Waals surface area contributed by atoms with E-state index in [0.29, 0.717) is 11.4 Å². The fourth-order valence-electron chi connectivity index (χ4n) is 1.42. The smallest absolute Gasteiger partial charge is 0.378 e. The molecule has 4 nitrogen and oxygen atoms in total. The summed E-state index contributed by atoms with van der Waals surface area (Å²) in [6.45, 7) is 0.162. The number of carbonyl (C=O) groups is 1. The Balaban J connectivity index is 0.00000162. The number of carbonyl (C=O) groups excluding carboxylic acids is 1. The Morgan fingerprint density at radius 1 is 1.11 bits per heavy atom. The molecule has 0 aliphatic carbocycles. The number of ether oxygens (including phenoxy) is 1. The molecule has 1 aromatic carbocycles. The molecule has 0 saturated carbocycles. The SMILES string of the molecule is Nc1ccccc1OC(=O)C[n+]1ccccc1.[Cl-]. The summed E-state index contributed by atoms with van der Waals surface area (Å²) in [7, 11) is 0. The molecule has 0 bridgehead atoms. The first kappa shape index (κ1) is 14.0. The van der Waals surface area contributed by atoms with Crippen molar-refractivity contribution in [2.75, 3.05) is 5.73 Å². The van der Waals surface area contributed by atoms with Gasteiger partial charge in [-0.15, -0.1) is 0 Å². The maximum Gasteiger partial charge on any atom is 0.378 e. The Hall–Kier alpha value is -2.07. The van der Waals surface area contributed by atoms with E-state index in [9.17, 15) is 4.79 Å². The molecule has 0 fully saturated rings. The van der Waals surface area contributed by atoms with E-state index in [1.807, 2.05) is 18.2 Å². The molecule has 1 aromatic heterocycles. The highest BCUT2D eigenvalue weighted by Gasteiger charge is 2.12. The van der Waals surface area contributed by atoms with Crippen LogP contribution in [0.5, 0.6) is 5.75 Å². The normalized spacial score (nSPS) is 9.33. The van der Waals surface area contributed by atoms with Crippen molar-refractivity contribution in [2.45, 2.75) is 6.54 Å². The number of pyridine rings is 1. The van der Waals surface area contributed by atoms with Crippen LogP contribution in [-0.2, 0) is 11.3 Å². The lowest BCUT2D eigenvalue weighted by molar-refractivity contribution is -0.685. The third-order valence-electron chi connectivity index (χ3n) is 2.23. The average Bonchev–Trinajstić information content (AvgIpc) is 2.33. The summed E-state index contributed by atoms with van der Waals surface area (Å²) in [6.07, 6.45) is 3.60. The summed E-state index contributed by atoms with van der Waals surface area (Å²) < 4.78 is 6.90. The van der Waals surface area contributed by atoms with Gasteiger partial charge in [0.1, 0.15) is 0 Å². The number of nitrogens with two attached hydrogens (primary N) is 1. The highest BCUT2D eigenvalue weighted by Crippen LogP contribution is 2.19. The summed E-state index contributed by atoms with van der Waals surface area (Å²) in [6, 6.07) is 12.5. The highest BCUT2D eigenvalue weighted by molar-refractivity contribution is 5.73. The topological polar surface area (TPSA) is 56.2 Å². The molecule has 5 heteroatoms. The van der Waals surface area contributed by atoms with Crippen LogP contribution in [0.4, 0.5) is 5.69 Å². The molecular weight excluding hydrogens is 252 g/mol. The Kier molecular flexibility index (Phi) is 5.14. The van der Waals surface area contributed by atoms with Crippen LogP contribution in [0.2, 0.25) is 0 Å². The first-order valence-electron chi connectivity index (χ1n) is 5.25. The molecule has 0 amide bonds. The van der Waals surface area contributed by atoms with Gasteiger partial charge >= 0.3 is 5.97 Å². The number of hydrogen-bond donors (Lipinski definition) is 1. The van der Waals surface area contributed by atoms with Crippen LogP contribution < -0.4 is 27.4 Å². The molecule has 18 heavy (non-hydrogen) atoms. The summed E-state index contributed by atoms with van der Waals surface area (Å²) >= 11 is 0. The van der Waals surface area contributed by atoms with E-state index in [4.69, 9.17) is 10.5 Å². The van der Waals surface area contributed by atoms with E-state index < -0.39 is 0 Å². The maximum absolute atomic E-state index is 11.6. The Morgan fingerprint density at radius 2 is 1.78 bits per heavy atom. The second-order valence-corrected chi connectivity index (χ2v) is 3.56. The minimum Gasteiger partial charge on any atom is -1.00 e. The second kappa shape index (κ2) is 6.61. The average molecular weight is 265 g/mol. The molecule has 0 unspecified atom stereocenters. The van der Waals surface area contributed by atoms with Crippen LogP contribution in [0.15, 0.2) is 54.9 Å². The molecule has 1 heterocycles. The number of anilines is 1. The number of hydrogen-bond acceptors (Lipinski definition) is 3. The fraction of sp³-hybridized carbons (Fsp3) is 0.0769. The Morgan fingerprint density at radius 3 is 2.44 bits per heavy atom. The van der Waals surface area contributed by atoms with Gasteiger partial charge in [-0.1, -0.05) is 18.2 Å². The third kappa shape index (κ3) is 3.75. The van der Waals surface area contributed by atoms with Crippen molar-refractivity contribution in [1.29, 1.82) is 0 Å². The van der Waals surface area contributed by atoms with Crippen LogP contribution in [0.1, 0.15) is 0 Å². The van der Waals surface area contributed by atoms with Gasteiger partial charge in [0.05, 0.1) is 5.69 Å². The molecule has 0 atom stereocenters. The van der Waals surface area contributed by atoms with E-state index in [1.54, 1.807) is 41.2 Å². The predicted molar refractivity (Wildman–Crippen MR) is 63.1 cm³/mol. The van der Waals surface area contributed by atoms with E-state index in [-0.39, 0.29) is 24.9 Å². The summed E-state index contributed by atoms with van der Waals surface area (Å²) in [5.74, 6) is 0.0492. The van der Waals surface area contributed by atoms with E-state index in [0.717, 1.165) is 0 Å². The van der Waals surface area contributed by atoms with E-state index in [2.05, 4.69) is 0 Å². The molecule has 0 saturated heterocycles. The first-order chi connectivity index (χ1) is 8.25. The highest BCUT2D eigenvalue weighted by atomic mass is 35.5. The zero-order valence-electron chi connectivity index (χ0n) is 9.62. The number of rotatable bonds is 3. The largest absolute Gasteiger partial charge is 1.00 e. The maximum atomic E-state index is 11.6. The minimum atomic E-state index is -0.348. The van der Waals surface area contributed by atoms with Crippen LogP contribution in [0.25, 0.3) is 0 Å². The molecular formula is C13H13ClN2O2. The Bertz CT molecular complexity index is 517. The molecule has 0 spiro atoms. The first-order valence-corrected chi connectivity index (χ1v) is 5.25. The second-order valence-electron chi connectivity index (χ2n) is 3.56. The van der Waals surface area contributed by atoms with Gasteiger partial charge in [0.15, 0.2) is 18.1 Å². The zero-order chi connectivity index (χ0) is 12.1. The molecule has 0 aliphatic rings. The monoisotopic (exact) mass is 264 g/mol. The predicted octanol–water partition coefficient (Wildman–Crippen LogP) is -1.83. The van der Waals surface area contributed by atoms with Crippen LogP contribution >= 0.6 is 0 Å². The van der Waals surface area contributed by atoms with Crippen LogP contribution in [0, 0.1) is 0 Å². The molecule has 2 N–H and O–H groups in total. The van der Waals surface area contributed by atoms with Gasteiger partial charge in [0, 0.05) is 12.1 Å². The molecule has 0 aliphatic heterocycles. The van der Waals surface area contributed by atoms with Crippen LogP contribution in [-0.4, -0.2) is 5.97 Å². The fourth-order valence-corrected chi connectivity index (χ4v) is 1.42. The summed E-state index contributed by atoms with van der Waals surface area (Å²) in [4.78, 5) is 11.6. The number of halogens is 1. The zero-order valence-corrected chi connectivity index (χ0v) is 10.4. The van der Waals surface area contributed by atoms with Gasteiger partial charge in [-0.2, -0.15) is 4.57 Å². The number of para-hydroxylation sites is 2. The van der Waals surface area contributed by atoms with Gasteiger partial charge in [0.2, 0.25) is 6.54 Å². The number of esters is 1. The lowest BCUT2D eigenvalue weighted by atomic mass is 10.3. The van der Waals surface area contributed by atoms with E-state index >= 15 is 0 Å². The molecule has 2 aromatic rings. The van der Waals surface area contributed by atoms with Crippen molar-refractivity contribution in [3.63, 3.8) is 0 Å². The van der Waals surface area contributed by atoms with Crippen molar-refractivity contribution in [1.82, 2.24) is 0 Å². The number of nitrogens with zero attached hydrogens (tertiary/aromatic N) is 1. The number of aromatic nitrogens is 1. The number of nitrogen functional groups attached to an aromatic ring is 1. The van der Waals surface area contributed by atoms with Gasteiger partial charge in [0.25, 0.3) is 0 Å². The van der Waals surface area contributed by atoms with Gasteiger partial charge < -0.3 is 22.9 Å². The van der Waals surface area contributed by atoms with Crippen LogP contribution in [0.3, 0.4) is 0 Å². The van der Waals surface area contributed by atoms with Crippen molar-refractivity contribution >= 4 is 11.7 Å². The summed E-state index contributed by atoms with van der Waals surface area (Å²) in [5.41, 5.74) is 6.14. The quantitative estimate of drug-likeness (QED) is 0.307. The lowest BCUT2D eigenvalue weighted by Gasteiger charge is -2.04. The third-order valence-corrected chi connectivity index (χ3v) is 2.23. The lowest BCUT2D eigenvalue weighted by Crippen LogP contribution is -3.00. The number of benzene rings is 1. The van der Waals surface area contributed by atoms with Crippen molar-refractivity contribution in [2.24, 2.45) is 0 Å². The molecule has 0 radical (unpaired) electrons. The van der Waals surface area contributed by atoms with Gasteiger partial charge in [-0.25, -0.2) is 4.79 Å². The standard InChI is InChI=1S/C13H13N2O2.ClH/c14-11-6-2-3-7-12(11)17-13(16)10-15-8-4-1-5-9-15;/h1-9H,10,14H2;1H/q+1;/p-1. The van der Waals surface area contributed by atoms with Crippen molar-refractivity contribution in [3.8, 4) is 5.75 Å². The van der Waals surface area contributed by atoms with E-state index in [1.165, 1.54) is 0 Å². The molecule has 2 rings (SSSR count). The minimum absolute atomic E-state index is 0. The van der Waals surface area contributed by atoms with Gasteiger partial charge in [-0.05, 0) is 12.1 Å². The Labute approximate surface area is 111 Å². The van der Waals surface area contributed by atoms with Gasteiger partial charge in [-0.3, -0.25) is 0 Å². The van der Waals surface area contributed by atoms with Crippen molar-refractivity contribution < 1.29 is 26.5 Å². The summed E-state index contributed by atoms with van der Waals surface area (Å²) in [5, 5.41) is 0. The molecule has 94 valence electrons.